The van der Waals surface area contributed by atoms with Crippen molar-refractivity contribution in [2.45, 2.75) is 32.9 Å². The van der Waals surface area contributed by atoms with Gasteiger partial charge in [-0.1, -0.05) is 66.2 Å². The quantitative estimate of drug-likeness (QED) is 0.139. The summed E-state index contributed by atoms with van der Waals surface area (Å²) in [6.07, 6.45) is 0.436. The van der Waals surface area contributed by atoms with Gasteiger partial charge in [0.2, 0.25) is 12.0 Å². The number of hydrogen-bond donors (Lipinski definition) is 1. The molecule has 0 saturated heterocycles. The molecule has 2 heterocycles. The van der Waals surface area contributed by atoms with E-state index in [1.165, 1.54) is 24.5 Å². The maximum atomic E-state index is 14.3. The molecular formula is C38H33ClFN3O5. The van der Waals surface area contributed by atoms with Gasteiger partial charge in [-0.25, -0.2) is 19.2 Å². The number of hydrogen-bond acceptors (Lipinski definition) is 7. The number of esters is 1. The van der Waals surface area contributed by atoms with Crippen molar-refractivity contribution in [3.05, 3.63) is 125 Å². The molecule has 10 heteroatoms. The van der Waals surface area contributed by atoms with Gasteiger partial charge in [-0.15, -0.1) is 0 Å². The minimum Gasteiger partial charge on any atom is -0.506 e. The fourth-order valence-corrected chi connectivity index (χ4v) is 6.04. The molecule has 0 aliphatic heterocycles. The third-order valence-electron chi connectivity index (χ3n) is 8.14. The second-order valence-electron chi connectivity index (χ2n) is 11.1. The summed E-state index contributed by atoms with van der Waals surface area (Å²) < 4.78 is 33.8. The summed E-state index contributed by atoms with van der Waals surface area (Å²) in [6, 6.07) is 26.7. The van der Waals surface area contributed by atoms with Crippen molar-refractivity contribution in [2.24, 2.45) is 0 Å². The number of halogens is 2. The van der Waals surface area contributed by atoms with Gasteiger partial charge in [0, 0.05) is 18.5 Å². The molecule has 0 amide bonds. The number of aromatic nitrogens is 3. The van der Waals surface area contributed by atoms with E-state index in [9.17, 15) is 14.3 Å². The zero-order valence-electron chi connectivity index (χ0n) is 26.6. The molecule has 0 fully saturated rings. The lowest BCUT2D eigenvalue weighted by atomic mass is 9.95. The summed E-state index contributed by atoms with van der Waals surface area (Å²) in [5.74, 6) is -0.274. The van der Waals surface area contributed by atoms with Crippen molar-refractivity contribution in [2.75, 3.05) is 13.7 Å². The van der Waals surface area contributed by atoms with E-state index in [1.807, 2.05) is 59.2 Å². The smallest absolute Gasteiger partial charge is 0.347 e. The molecule has 2 aromatic heterocycles. The van der Waals surface area contributed by atoms with Crippen molar-refractivity contribution in [3.63, 3.8) is 0 Å². The highest BCUT2D eigenvalue weighted by molar-refractivity contribution is 6.33. The number of phenolic OH excluding ortho intramolecular Hbond substituents is 1. The second kappa shape index (κ2) is 14.1. The minimum absolute atomic E-state index is 0.0684. The first-order chi connectivity index (χ1) is 23.3. The predicted octanol–water partition coefficient (Wildman–Crippen LogP) is 8.18. The van der Waals surface area contributed by atoms with E-state index in [4.69, 9.17) is 30.8 Å². The molecule has 1 N–H and O–H groups in total. The third kappa shape index (κ3) is 6.41. The molecule has 1 unspecified atom stereocenters. The second-order valence-corrected chi connectivity index (χ2v) is 11.5. The van der Waals surface area contributed by atoms with Crippen LogP contribution in [0.3, 0.4) is 0 Å². The van der Waals surface area contributed by atoms with Crippen molar-refractivity contribution in [3.8, 4) is 39.8 Å². The van der Waals surface area contributed by atoms with E-state index < -0.39 is 12.1 Å². The van der Waals surface area contributed by atoms with Crippen LogP contribution in [0, 0.1) is 12.7 Å². The monoisotopic (exact) mass is 665 g/mol. The zero-order valence-corrected chi connectivity index (χ0v) is 27.4. The number of carbonyl (C=O) groups is 1. The number of aromatic hydroxyl groups is 1. The normalized spacial score (nSPS) is 11.8. The largest absolute Gasteiger partial charge is 0.506 e. The van der Waals surface area contributed by atoms with Crippen LogP contribution in [-0.2, 0) is 22.5 Å². The number of fused-ring (bicyclic) bond motifs is 1. The lowest BCUT2D eigenvalue weighted by Crippen LogP contribution is -2.32. The van der Waals surface area contributed by atoms with E-state index >= 15 is 0 Å². The van der Waals surface area contributed by atoms with E-state index in [0.29, 0.717) is 51.3 Å². The molecule has 0 saturated carbocycles. The molecule has 0 spiro atoms. The van der Waals surface area contributed by atoms with Crippen LogP contribution in [0.2, 0.25) is 5.02 Å². The van der Waals surface area contributed by atoms with E-state index in [1.54, 1.807) is 39.2 Å². The molecule has 48 heavy (non-hydrogen) atoms. The Hall–Kier alpha value is -5.41. The molecule has 0 aliphatic rings. The summed E-state index contributed by atoms with van der Waals surface area (Å²) in [4.78, 5) is 22.7. The maximum absolute atomic E-state index is 14.3. The minimum atomic E-state index is -1.09. The third-order valence-corrected chi connectivity index (χ3v) is 8.62. The predicted molar refractivity (Wildman–Crippen MR) is 183 cm³/mol. The average molecular weight is 666 g/mol. The van der Waals surface area contributed by atoms with Crippen LogP contribution in [0.5, 0.6) is 17.4 Å². The van der Waals surface area contributed by atoms with Crippen molar-refractivity contribution < 1.29 is 28.5 Å². The van der Waals surface area contributed by atoms with Crippen LogP contribution in [0.4, 0.5) is 4.39 Å². The maximum Gasteiger partial charge on any atom is 0.347 e. The number of benzene rings is 4. The molecule has 6 rings (SSSR count). The fourth-order valence-electron chi connectivity index (χ4n) is 5.88. The standard InChI is InChI=1S/C38H33ClFN3O5/c1-4-47-38(45)31(20-26-12-8-9-13-30(26)46-3)48-37-33-32(28-18-19-29(44)34(39)23(28)2)35(25-14-16-27(40)17-15-25)43(36(33)41-22-42-37)21-24-10-6-5-7-11-24/h5-19,22,31,44H,4,20-21H2,1-3H3. The fraction of sp³-hybridized carbons (Fsp3) is 0.184. The lowest BCUT2D eigenvalue weighted by molar-refractivity contribution is -0.151. The highest BCUT2D eigenvalue weighted by Crippen LogP contribution is 2.47. The summed E-state index contributed by atoms with van der Waals surface area (Å²) >= 11 is 6.62. The average Bonchev–Trinajstić information content (AvgIpc) is 3.42. The van der Waals surface area contributed by atoms with Gasteiger partial charge in [0.1, 0.15) is 29.3 Å². The summed E-state index contributed by atoms with van der Waals surface area (Å²) in [5, 5.41) is 11.2. The first kappa shape index (κ1) is 32.5. The molecule has 0 aliphatic carbocycles. The molecule has 6 aromatic rings. The Balaban J connectivity index is 1.64. The van der Waals surface area contributed by atoms with Gasteiger partial charge in [0.15, 0.2) is 0 Å². The molecule has 0 bridgehead atoms. The van der Waals surface area contributed by atoms with Gasteiger partial charge in [-0.3, -0.25) is 0 Å². The van der Waals surface area contributed by atoms with Crippen molar-refractivity contribution in [1.29, 1.82) is 0 Å². The zero-order chi connectivity index (χ0) is 33.8. The highest BCUT2D eigenvalue weighted by Gasteiger charge is 2.30. The number of para-hydroxylation sites is 1. The number of nitrogens with zero attached hydrogens (tertiary/aromatic N) is 3. The van der Waals surface area contributed by atoms with E-state index in [0.717, 1.165) is 11.1 Å². The molecular weight excluding hydrogens is 633 g/mol. The topological polar surface area (TPSA) is 95.7 Å². The molecule has 1 atom stereocenters. The number of carbonyl (C=O) groups excluding carboxylic acids is 1. The van der Waals surface area contributed by atoms with Crippen LogP contribution in [0.1, 0.15) is 23.6 Å². The summed E-state index contributed by atoms with van der Waals surface area (Å²) in [5.41, 5.74) is 5.57. The Morgan fingerprint density at radius 1 is 0.979 bits per heavy atom. The number of phenols is 1. The van der Waals surface area contributed by atoms with Crippen molar-refractivity contribution >= 4 is 28.6 Å². The summed E-state index contributed by atoms with van der Waals surface area (Å²) in [7, 11) is 1.57. The Bertz CT molecular complexity index is 2080. The first-order valence-electron chi connectivity index (χ1n) is 15.4. The molecule has 8 nitrogen and oxygen atoms in total. The van der Waals surface area contributed by atoms with Gasteiger partial charge < -0.3 is 23.9 Å². The molecule has 4 aromatic carbocycles. The highest BCUT2D eigenvalue weighted by atomic mass is 35.5. The van der Waals surface area contributed by atoms with Crippen LogP contribution in [0.15, 0.2) is 97.3 Å². The van der Waals surface area contributed by atoms with Crippen LogP contribution in [-0.4, -0.2) is 45.4 Å². The van der Waals surface area contributed by atoms with Crippen molar-refractivity contribution in [1.82, 2.24) is 14.5 Å². The number of rotatable bonds is 11. The van der Waals surface area contributed by atoms with Gasteiger partial charge in [-0.2, -0.15) is 0 Å². The summed E-state index contributed by atoms with van der Waals surface area (Å²) in [6.45, 7) is 4.09. The van der Waals surface area contributed by atoms with Gasteiger partial charge in [0.25, 0.3) is 0 Å². The van der Waals surface area contributed by atoms with Crippen LogP contribution >= 0.6 is 11.6 Å². The Kier molecular flexibility index (Phi) is 9.59. The first-order valence-corrected chi connectivity index (χ1v) is 15.8. The van der Waals surface area contributed by atoms with Crippen LogP contribution in [0.25, 0.3) is 33.4 Å². The van der Waals surface area contributed by atoms with Gasteiger partial charge >= 0.3 is 5.97 Å². The SMILES string of the molecule is CCOC(=O)C(Cc1ccccc1OC)Oc1ncnc2c1c(-c1ccc(O)c(Cl)c1C)c(-c1ccc(F)cc1)n2Cc1ccccc1. The van der Waals surface area contributed by atoms with Crippen LogP contribution < -0.4 is 9.47 Å². The van der Waals surface area contributed by atoms with E-state index in [-0.39, 0.29) is 35.5 Å². The van der Waals surface area contributed by atoms with E-state index in [2.05, 4.69) is 4.98 Å². The Labute approximate surface area is 282 Å². The number of ether oxygens (including phenoxy) is 3. The molecule has 244 valence electrons. The van der Waals surface area contributed by atoms with Gasteiger partial charge in [-0.05, 0) is 78.1 Å². The Morgan fingerprint density at radius 2 is 1.71 bits per heavy atom. The number of methoxy groups -OCH3 is 1. The molecule has 0 radical (unpaired) electrons. The Morgan fingerprint density at radius 3 is 2.44 bits per heavy atom. The lowest BCUT2D eigenvalue weighted by Gasteiger charge is -2.19. The van der Waals surface area contributed by atoms with Gasteiger partial charge in [0.05, 0.1) is 29.8 Å².